The monoisotopic (exact) mass is 424 g/mol. The predicted octanol–water partition coefficient (Wildman–Crippen LogP) is 5.02. The van der Waals surface area contributed by atoms with Gasteiger partial charge in [0.15, 0.2) is 8.07 Å². The summed E-state index contributed by atoms with van der Waals surface area (Å²) in [4.78, 5) is 0. The molecule has 6 rings (SSSR count). The van der Waals surface area contributed by atoms with Crippen LogP contribution in [0.5, 0.6) is 0 Å². The van der Waals surface area contributed by atoms with Gasteiger partial charge in [0.05, 0.1) is 0 Å². The summed E-state index contributed by atoms with van der Waals surface area (Å²) >= 11 is 0. The molecule has 5 aromatic rings. The van der Waals surface area contributed by atoms with Gasteiger partial charge in [-0.15, -0.1) is 0 Å². The maximum absolute atomic E-state index is 2.54. The van der Waals surface area contributed by atoms with Crippen molar-refractivity contribution in [3.63, 3.8) is 0 Å². The lowest BCUT2D eigenvalue weighted by Gasteiger charge is -2.35. The summed E-state index contributed by atoms with van der Waals surface area (Å²) < 4.78 is 0. The maximum Gasteiger partial charge on any atom is 0.180 e. The standard InChI is InChI=1S/C31H24Si/c1-23-20-21-26-27-16-8-10-18-30(27)32(24-12-4-2-5-13-24,25-14-6-3-7-15-25)31-19-11-9-17-28(31)29(26)22-23/h2-22H,1H3. The quantitative estimate of drug-likeness (QED) is 0.343. The van der Waals surface area contributed by atoms with Crippen molar-refractivity contribution in [2.45, 2.75) is 6.92 Å². The first-order valence-electron chi connectivity index (χ1n) is 11.2. The molecule has 1 heteroatoms. The first-order valence-corrected chi connectivity index (χ1v) is 13.2. The maximum atomic E-state index is 2.38. The highest BCUT2D eigenvalue weighted by atomic mass is 28.3. The van der Waals surface area contributed by atoms with Crippen molar-refractivity contribution in [3.8, 4) is 22.3 Å². The van der Waals surface area contributed by atoms with E-state index in [2.05, 4.69) is 134 Å². The van der Waals surface area contributed by atoms with E-state index in [1.165, 1.54) is 48.6 Å². The van der Waals surface area contributed by atoms with E-state index in [0.29, 0.717) is 0 Å². The number of rotatable bonds is 2. The minimum atomic E-state index is -2.54. The normalized spacial score (nSPS) is 13.4. The molecule has 0 unspecified atom stereocenters. The molecule has 1 aliphatic heterocycles. The average Bonchev–Trinajstić information content (AvgIpc) is 2.97. The molecule has 0 radical (unpaired) electrons. The van der Waals surface area contributed by atoms with Crippen molar-refractivity contribution in [1.29, 1.82) is 0 Å². The van der Waals surface area contributed by atoms with Gasteiger partial charge in [0.25, 0.3) is 0 Å². The van der Waals surface area contributed by atoms with Gasteiger partial charge in [0.2, 0.25) is 0 Å². The van der Waals surface area contributed by atoms with Crippen LogP contribution in [0.1, 0.15) is 5.56 Å². The van der Waals surface area contributed by atoms with Gasteiger partial charge < -0.3 is 0 Å². The Morgan fingerprint density at radius 2 is 0.875 bits per heavy atom. The van der Waals surface area contributed by atoms with Gasteiger partial charge in [-0.2, -0.15) is 0 Å². The number of hydrogen-bond acceptors (Lipinski definition) is 0. The Morgan fingerprint density at radius 1 is 0.406 bits per heavy atom. The minimum absolute atomic E-state index is 1.30. The van der Waals surface area contributed by atoms with Gasteiger partial charge in [-0.05, 0) is 49.9 Å². The molecule has 0 saturated carbocycles. The molecule has 0 aliphatic carbocycles. The van der Waals surface area contributed by atoms with E-state index in [4.69, 9.17) is 0 Å². The fraction of sp³-hybridized carbons (Fsp3) is 0.0323. The molecular formula is C31H24Si. The van der Waals surface area contributed by atoms with Crippen LogP contribution in [0.3, 0.4) is 0 Å². The molecule has 5 aromatic carbocycles. The van der Waals surface area contributed by atoms with E-state index in [0.717, 1.165) is 0 Å². The summed E-state index contributed by atoms with van der Waals surface area (Å²) in [5, 5.41) is 5.79. The van der Waals surface area contributed by atoms with Gasteiger partial charge in [-0.3, -0.25) is 0 Å². The fourth-order valence-electron chi connectivity index (χ4n) is 5.52. The van der Waals surface area contributed by atoms with Gasteiger partial charge >= 0.3 is 0 Å². The zero-order chi connectivity index (χ0) is 21.5. The summed E-state index contributed by atoms with van der Waals surface area (Å²) in [6, 6.07) is 47.6. The molecule has 0 atom stereocenters. The van der Waals surface area contributed by atoms with Crippen molar-refractivity contribution < 1.29 is 0 Å². The zero-order valence-electron chi connectivity index (χ0n) is 18.1. The Labute approximate surface area is 190 Å². The van der Waals surface area contributed by atoms with E-state index in [-0.39, 0.29) is 0 Å². The van der Waals surface area contributed by atoms with E-state index < -0.39 is 8.07 Å². The van der Waals surface area contributed by atoms with Crippen molar-refractivity contribution >= 4 is 28.8 Å². The highest BCUT2D eigenvalue weighted by Gasteiger charge is 2.45. The van der Waals surface area contributed by atoms with E-state index in [1.54, 1.807) is 0 Å². The fourth-order valence-corrected chi connectivity index (χ4v) is 10.7. The Bertz CT molecular complexity index is 1380. The molecule has 152 valence electrons. The third kappa shape index (κ3) is 2.68. The lowest BCUT2D eigenvalue weighted by molar-refractivity contribution is 1.47. The largest absolute Gasteiger partial charge is 0.180 e. The van der Waals surface area contributed by atoms with Crippen LogP contribution in [0.25, 0.3) is 22.3 Å². The summed E-state index contributed by atoms with van der Waals surface area (Å²) in [7, 11) is -2.54. The van der Waals surface area contributed by atoms with Gasteiger partial charge in [0.1, 0.15) is 0 Å². The SMILES string of the molecule is Cc1ccc2c(c1)-c1ccccc1[Si](c1ccccc1)(c1ccccc1)c1ccccc1-2. The lowest BCUT2D eigenvalue weighted by Crippen LogP contribution is -2.75. The molecule has 1 aliphatic rings. The minimum Gasteiger partial charge on any atom is -0.0623 e. The second-order valence-corrected chi connectivity index (χ2v) is 12.4. The molecule has 0 nitrogen and oxygen atoms in total. The highest BCUT2D eigenvalue weighted by Crippen LogP contribution is 2.36. The molecular weight excluding hydrogens is 400 g/mol. The number of aryl methyl sites for hydroxylation is 1. The van der Waals surface area contributed by atoms with Crippen LogP contribution in [0.2, 0.25) is 0 Å². The van der Waals surface area contributed by atoms with Crippen molar-refractivity contribution in [2.24, 2.45) is 0 Å². The lowest BCUT2D eigenvalue weighted by atomic mass is 9.93. The summed E-state index contributed by atoms with van der Waals surface area (Å²) in [6.07, 6.45) is 0. The molecule has 0 N–H and O–H groups in total. The summed E-state index contributed by atoms with van der Waals surface area (Å²) in [6.45, 7) is 2.19. The van der Waals surface area contributed by atoms with Crippen molar-refractivity contribution in [3.05, 3.63) is 133 Å². The van der Waals surface area contributed by atoms with Crippen LogP contribution in [-0.4, -0.2) is 8.07 Å². The molecule has 0 fully saturated rings. The van der Waals surface area contributed by atoms with Gasteiger partial charge in [-0.25, -0.2) is 0 Å². The van der Waals surface area contributed by atoms with Crippen molar-refractivity contribution in [2.75, 3.05) is 0 Å². The van der Waals surface area contributed by atoms with E-state index >= 15 is 0 Å². The first-order chi connectivity index (χ1) is 15.8. The highest BCUT2D eigenvalue weighted by molar-refractivity contribution is 7.21. The van der Waals surface area contributed by atoms with Crippen LogP contribution in [0.4, 0.5) is 0 Å². The zero-order valence-corrected chi connectivity index (χ0v) is 19.1. The Hall–Kier alpha value is -3.68. The van der Waals surface area contributed by atoms with Crippen LogP contribution in [0, 0.1) is 6.92 Å². The van der Waals surface area contributed by atoms with Crippen molar-refractivity contribution in [1.82, 2.24) is 0 Å². The number of hydrogen-bond donors (Lipinski definition) is 0. The summed E-state index contributed by atoms with van der Waals surface area (Å²) in [5.74, 6) is 0. The van der Waals surface area contributed by atoms with Crippen LogP contribution < -0.4 is 20.7 Å². The van der Waals surface area contributed by atoms with E-state index in [1.807, 2.05) is 0 Å². The Kier molecular flexibility index (Phi) is 4.45. The van der Waals surface area contributed by atoms with Crippen LogP contribution >= 0.6 is 0 Å². The second-order valence-electron chi connectivity index (χ2n) is 8.62. The van der Waals surface area contributed by atoms with Gasteiger partial charge in [-0.1, -0.05) is 133 Å². The Morgan fingerprint density at radius 3 is 1.44 bits per heavy atom. The number of fused-ring (bicyclic) bond motifs is 5. The second kappa shape index (κ2) is 7.47. The topological polar surface area (TPSA) is 0 Å². The molecule has 1 heterocycles. The van der Waals surface area contributed by atoms with Crippen LogP contribution in [-0.2, 0) is 0 Å². The molecule has 0 bridgehead atoms. The summed E-state index contributed by atoms with van der Waals surface area (Å²) in [5.41, 5.74) is 6.69. The third-order valence-corrected chi connectivity index (χ3v) is 11.7. The Balaban J connectivity index is 1.88. The van der Waals surface area contributed by atoms with Gasteiger partial charge in [0, 0.05) is 0 Å². The first kappa shape index (κ1) is 19.0. The molecule has 0 amide bonds. The molecule has 0 saturated heterocycles. The van der Waals surface area contributed by atoms with E-state index in [9.17, 15) is 0 Å². The average molecular weight is 425 g/mol. The molecule has 32 heavy (non-hydrogen) atoms. The molecule has 0 spiro atoms. The van der Waals surface area contributed by atoms with Crippen LogP contribution in [0.15, 0.2) is 127 Å². The molecule has 0 aromatic heterocycles. The third-order valence-electron chi connectivity index (χ3n) is 6.83. The smallest absolute Gasteiger partial charge is 0.0623 e. The number of benzene rings is 5. The predicted molar refractivity (Wildman–Crippen MR) is 139 cm³/mol.